The monoisotopic (exact) mass is 464 g/mol. The first-order valence-corrected chi connectivity index (χ1v) is 10.9. The predicted octanol–water partition coefficient (Wildman–Crippen LogP) is 4.04. The number of carbonyl (C=O) groups excluding carboxylic acids is 2. The van der Waals surface area contributed by atoms with Gasteiger partial charge in [-0.15, -0.1) is 0 Å². The van der Waals surface area contributed by atoms with E-state index in [1.54, 1.807) is 30.3 Å². The van der Waals surface area contributed by atoms with Crippen LogP contribution in [0, 0.1) is 5.82 Å². The normalized spacial score (nSPS) is 13.3. The summed E-state index contributed by atoms with van der Waals surface area (Å²) in [5, 5.41) is 2.72. The van der Waals surface area contributed by atoms with E-state index in [0.29, 0.717) is 24.7 Å². The molecule has 0 unspecified atom stereocenters. The maximum absolute atomic E-state index is 13.0. The van der Waals surface area contributed by atoms with E-state index in [2.05, 4.69) is 10.2 Å². The van der Waals surface area contributed by atoms with Gasteiger partial charge in [0.25, 0.3) is 5.91 Å². The van der Waals surface area contributed by atoms with Gasteiger partial charge < -0.3 is 24.4 Å². The number of hydrogen-bond acceptors (Lipinski definition) is 6. The first-order chi connectivity index (χ1) is 16.6. The number of nitrogens with zero attached hydrogens (tertiary/aromatic N) is 1. The highest BCUT2D eigenvalue weighted by molar-refractivity contribution is 5.95. The Hall–Kier alpha value is -3.91. The van der Waals surface area contributed by atoms with Crippen molar-refractivity contribution in [1.82, 2.24) is 0 Å². The molecule has 7 nitrogen and oxygen atoms in total. The maximum Gasteiger partial charge on any atom is 0.338 e. The van der Waals surface area contributed by atoms with Crippen molar-refractivity contribution in [2.24, 2.45) is 0 Å². The van der Waals surface area contributed by atoms with Crippen LogP contribution in [0.5, 0.6) is 5.75 Å². The van der Waals surface area contributed by atoms with E-state index >= 15 is 0 Å². The molecule has 1 aliphatic heterocycles. The summed E-state index contributed by atoms with van der Waals surface area (Å²) in [6.07, 6.45) is 0. The Morgan fingerprint density at radius 2 is 1.71 bits per heavy atom. The van der Waals surface area contributed by atoms with E-state index in [9.17, 15) is 14.0 Å². The molecule has 3 aromatic rings. The number of amides is 1. The van der Waals surface area contributed by atoms with Crippen LogP contribution in [0.25, 0.3) is 0 Å². The summed E-state index contributed by atoms with van der Waals surface area (Å²) in [5.74, 6) is -0.924. The Balaban J connectivity index is 1.24. The second kappa shape index (κ2) is 11.3. The zero-order valence-corrected chi connectivity index (χ0v) is 18.5. The Labute approximate surface area is 197 Å². The topological polar surface area (TPSA) is 77.1 Å². The molecule has 0 saturated carbocycles. The molecule has 1 heterocycles. The van der Waals surface area contributed by atoms with Crippen LogP contribution in [0.1, 0.15) is 15.9 Å². The van der Waals surface area contributed by atoms with Crippen molar-refractivity contribution in [3.8, 4) is 5.75 Å². The van der Waals surface area contributed by atoms with Crippen LogP contribution in [0.4, 0.5) is 15.8 Å². The smallest absolute Gasteiger partial charge is 0.338 e. The highest BCUT2D eigenvalue weighted by Gasteiger charge is 2.13. The molecule has 176 valence electrons. The van der Waals surface area contributed by atoms with Crippen molar-refractivity contribution >= 4 is 23.3 Å². The minimum absolute atomic E-state index is 0.228. The fraction of sp³-hybridized carbons (Fsp3) is 0.231. The maximum atomic E-state index is 13.0. The van der Waals surface area contributed by atoms with Gasteiger partial charge in [-0.2, -0.15) is 0 Å². The van der Waals surface area contributed by atoms with E-state index in [-0.39, 0.29) is 18.0 Å². The lowest BCUT2D eigenvalue weighted by Gasteiger charge is -2.28. The molecule has 0 bridgehead atoms. The summed E-state index contributed by atoms with van der Waals surface area (Å²) in [6, 6.07) is 19.9. The van der Waals surface area contributed by atoms with Gasteiger partial charge in [0.1, 0.15) is 18.2 Å². The summed E-state index contributed by atoms with van der Waals surface area (Å²) >= 11 is 0. The molecule has 4 rings (SSSR count). The number of nitrogens with one attached hydrogen (secondary N) is 1. The van der Waals surface area contributed by atoms with Gasteiger partial charge in [0, 0.05) is 24.5 Å². The minimum atomic E-state index is -0.634. The summed E-state index contributed by atoms with van der Waals surface area (Å²) in [6.45, 7) is 2.89. The number of esters is 1. The van der Waals surface area contributed by atoms with Gasteiger partial charge in [0.05, 0.1) is 18.8 Å². The van der Waals surface area contributed by atoms with Crippen molar-refractivity contribution in [1.29, 1.82) is 0 Å². The molecule has 0 spiro atoms. The fourth-order valence-corrected chi connectivity index (χ4v) is 3.45. The van der Waals surface area contributed by atoms with E-state index < -0.39 is 18.5 Å². The molecular formula is C26H25FN2O5. The third kappa shape index (κ3) is 6.55. The zero-order chi connectivity index (χ0) is 23.8. The van der Waals surface area contributed by atoms with E-state index in [1.165, 1.54) is 18.2 Å². The molecule has 0 radical (unpaired) electrons. The molecule has 1 saturated heterocycles. The van der Waals surface area contributed by atoms with Gasteiger partial charge >= 0.3 is 5.97 Å². The van der Waals surface area contributed by atoms with Crippen molar-refractivity contribution in [3.05, 3.63) is 89.7 Å². The van der Waals surface area contributed by atoms with Crippen molar-refractivity contribution < 1.29 is 28.2 Å². The molecule has 1 N–H and O–H groups in total. The lowest BCUT2D eigenvalue weighted by Crippen LogP contribution is -2.36. The van der Waals surface area contributed by atoms with Crippen LogP contribution in [0.3, 0.4) is 0 Å². The Kier molecular flexibility index (Phi) is 7.72. The lowest BCUT2D eigenvalue weighted by atomic mass is 10.2. The highest BCUT2D eigenvalue weighted by Crippen LogP contribution is 2.19. The SMILES string of the molecule is O=C(COC(=O)c1cccc(OCc2ccc(F)cc2)c1)Nc1ccc(N2CCOCC2)cc1. The largest absolute Gasteiger partial charge is 0.489 e. The number of carbonyl (C=O) groups is 2. The Bertz CT molecular complexity index is 1110. The average molecular weight is 464 g/mol. The zero-order valence-electron chi connectivity index (χ0n) is 18.5. The molecule has 1 amide bonds. The first-order valence-electron chi connectivity index (χ1n) is 10.9. The predicted molar refractivity (Wildman–Crippen MR) is 126 cm³/mol. The molecule has 8 heteroatoms. The number of benzene rings is 3. The van der Waals surface area contributed by atoms with E-state index in [0.717, 1.165) is 24.3 Å². The number of anilines is 2. The fourth-order valence-electron chi connectivity index (χ4n) is 3.45. The number of rotatable bonds is 8. The Morgan fingerprint density at radius 1 is 0.971 bits per heavy atom. The van der Waals surface area contributed by atoms with Crippen LogP contribution in [0.2, 0.25) is 0 Å². The molecule has 1 aliphatic rings. The van der Waals surface area contributed by atoms with Gasteiger partial charge in [-0.1, -0.05) is 18.2 Å². The summed E-state index contributed by atoms with van der Waals surface area (Å²) in [4.78, 5) is 26.8. The van der Waals surface area contributed by atoms with Crippen LogP contribution in [0.15, 0.2) is 72.8 Å². The van der Waals surface area contributed by atoms with Crippen LogP contribution in [-0.2, 0) is 20.9 Å². The number of halogens is 1. The molecule has 1 fully saturated rings. The van der Waals surface area contributed by atoms with Gasteiger partial charge in [-0.05, 0) is 60.2 Å². The number of ether oxygens (including phenoxy) is 3. The van der Waals surface area contributed by atoms with Gasteiger partial charge in [-0.3, -0.25) is 4.79 Å². The molecular weight excluding hydrogens is 439 g/mol. The van der Waals surface area contributed by atoms with Crippen molar-refractivity contribution in [2.75, 3.05) is 43.1 Å². The Morgan fingerprint density at radius 3 is 2.44 bits per heavy atom. The van der Waals surface area contributed by atoms with Gasteiger partial charge in [0.2, 0.25) is 0 Å². The van der Waals surface area contributed by atoms with E-state index in [1.807, 2.05) is 24.3 Å². The third-order valence-corrected chi connectivity index (χ3v) is 5.25. The number of hydrogen-bond donors (Lipinski definition) is 1. The van der Waals surface area contributed by atoms with Crippen LogP contribution >= 0.6 is 0 Å². The summed E-state index contributed by atoms with van der Waals surface area (Å²) < 4.78 is 29.2. The van der Waals surface area contributed by atoms with Gasteiger partial charge in [-0.25, -0.2) is 9.18 Å². The second-order valence-electron chi connectivity index (χ2n) is 7.71. The summed E-state index contributed by atoms with van der Waals surface area (Å²) in [7, 11) is 0. The van der Waals surface area contributed by atoms with Crippen molar-refractivity contribution in [3.63, 3.8) is 0 Å². The highest BCUT2D eigenvalue weighted by atomic mass is 19.1. The quantitative estimate of drug-likeness (QED) is 0.507. The third-order valence-electron chi connectivity index (χ3n) is 5.25. The standard InChI is InChI=1S/C26H25FN2O5/c27-21-6-4-19(5-7-21)17-33-24-3-1-2-20(16-24)26(31)34-18-25(30)28-22-8-10-23(11-9-22)29-12-14-32-15-13-29/h1-11,16H,12-15,17-18H2,(H,28,30). The van der Waals surface area contributed by atoms with Gasteiger partial charge in [0.15, 0.2) is 6.61 Å². The molecule has 0 aliphatic carbocycles. The minimum Gasteiger partial charge on any atom is -0.489 e. The molecule has 0 aromatic heterocycles. The number of morpholine rings is 1. The average Bonchev–Trinajstić information content (AvgIpc) is 2.88. The molecule has 0 atom stereocenters. The second-order valence-corrected chi connectivity index (χ2v) is 7.71. The molecule has 34 heavy (non-hydrogen) atoms. The molecule has 3 aromatic carbocycles. The van der Waals surface area contributed by atoms with E-state index in [4.69, 9.17) is 14.2 Å². The van der Waals surface area contributed by atoms with Crippen molar-refractivity contribution in [2.45, 2.75) is 6.61 Å². The first kappa shape index (κ1) is 23.3. The lowest BCUT2D eigenvalue weighted by molar-refractivity contribution is -0.119. The van der Waals surface area contributed by atoms with Crippen LogP contribution in [-0.4, -0.2) is 44.8 Å². The summed E-state index contributed by atoms with van der Waals surface area (Å²) in [5.41, 5.74) is 2.74. The van der Waals surface area contributed by atoms with Crippen LogP contribution < -0.4 is 15.0 Å².